The van der Waals surface area contributed by atoms with Gasteiger partial charge in [0.15, 0.2) is 5.69 Å². The van der Waals surface area contributed by atoms with Crippen LogP contribution in [0.3, 0.4) is 0 Å². The molecule has 7 aliphatic rings. The van der Waals surface area contributed by atoms with E-state index in [4.69, 9.17) is 10.00 Å². The summed E-state index contributed by atoms with van der Waals surface area (Å²) in [4.78, 5) is 47.5. The Morgan fingerprint density at radius 1 is 0.927 bits per heavy atom. The predicted molar refractivity (Wildman–Crippen MR) is 193 cm³/mol. The quantitative estimate of drug-likeness (QED) is 0.269. The van der Waals surface area contributed by atoms with Crippen LogP contribution in [0.2, 0.25) is 0 Å². The fourth-order valence-electron chi connectivity index (χ4n) is 11.1. The number of carbonyl (C=O) groups excluding carboxylic acids is 1. The number of carbonyl (C=O) groups is 2. The number of hydrogen-bond donors (Lipinski definition) is 2. The van der Waals surface area contributed by atoms with Crippen molar-refractivity contribution in [2.45, 2.75) is 100 Å². The van der Waals surface area contributed by atoms with Gasteiger partial charge in [-0.2, -0.15) is 18.4 Å². The zero-order valence-electron chi connectivity index (χ0n) is 30.4. The third kappa shape index (κ3) is 6.12. The number of piperidine rings is 1. The number of aromatic nitrogens is 4. The molecule has 288 valence electrons. The smallest absolute Gasteiger partial charge is 0.434 e. The molecule has 3 aromatic rings. The summed E-state index contributed by atoms with van der Waals surface area (Å²) in [6.45, 7) is 1.77. The molecule has 4 heterocycles. The molecule has 0 radical (unpaired) electrons. The van der Waals surface area contributed by atoms with Gasteiger partial charge < -0.3 is 25.0 Å². The molecule has 1 saturated heterocycles. The zero-order chi connectivity index (χ0) is 38.1. The van der Waals surface area contributed by atoms with Crippen molar-refractivity contribution in [3.05, 3.63) is 59.2 Å². The van der Waals surface area contributed by atoms with Crippen LogP contribution in [0.4, 0.5) is 30.8 Å². The summed E-state index contributed by atoms with van der Waals surface area (Å²) in [5, 5.41) is 22.2. The Kier molecular flexibility index (Phi) is 8.65. The highest BCUT2D eigenvalue weighted by Gasteiger charge is 2.62. The van der Waals surface area contributed by atoms with Crippen molar-refractivity contribution in [2.75, 3.05) is 29.4 Å². The number of hydrogen-bond acceptors (Lipinski definition) is 10. The van der Waals surface area contributed by atoms with Gasteiger partial charge in [-0.05, 0) is 92.4 Å². The molecule has 12 nitrogen and oxygen atoms in total. The summed E-state index contributed by atoms with van der Waals surface area (Å²) >= 11 is 0. The molecule has 1 aromatic carbocycles. The second kappa shape index (κ2) is 13.3. The van der Waals surface area contributed by atoms with Gasteiger partial charge in [-0.25, -0.2) is 24.7 Å². The molecule has 15 heteroatoms. The Bertz CT molecular complexity index is 2010. The standard InChI is InChI=1S/C40H43F3N8O4/c41-40(42,43)33-30(34(52)49-39(35(53)54)26-13-23-12-24(15-26)16-27(39)14-23)21-47-37(48-33)51-22-38(8-2-1-3-9-38)31-17-29(4-5-32(31)51)55-28-6-10-50(11-7-28)36-45-19-25(18-44)20-46-36/h4-5,17,19-21,23-24,26-28H,1-3,6-16,22H2,(H,49,52)(H,53,54). The number of anilines is 3. The van der Waals surface area contributed by atoms with Gasteiger partial charge in [-0.1, -0.05) is 19.3 Å². The van der Waals surface area contributed by atoms with E-state index in [1.807, 2.05) is 24.3 Å². The van der Waals surface area contributed by atoms with E-state index in [1.54, 1.807) is 4.90 Å². The summed E-state index contributed by atoms with van der Waals surface area (Å²) < 4.78 is 51.0. The van der Waals surface area contributed by atoms with Gasteiger partial charge in [-0.15, -0.1) is 0 Å². The van der Waals surface area contributed by atoms with Gasteiger partial charge in [0.2, 0.25) is 11.9 Å². The van der Waals surface area contributed by atoms with Crippen LogP contribution >= 0.6 is 0 Å². The molecule has 5 aliphatic carbocycles. The lowest BCUT2D eigenvalue weighted by Crippen LogP contribution is -2.70. The Labute approximate surface area is 316 Å². The van der Waals surface area contributed by atoms with E-state index in [-0.39, 0.29) is 29.3 Å². The van der Waals surface area contributed by atoms with Crippen LogP contribution in [0.5, 0.6) is 5.75 Å². The molecule has 6 fully saturated rings. The van der Waals surface area contributed by atoms with Crippen molar-refractivity contribution in [3.63, 3.8) is 0 Å². The van der Waals surface area contributed by atoms with Crippen LogP contribution in [-0.4, -0.2) is 68.2 Å². The number of aliphatic carboxylic acids is 1. The Balaban J connectivity index is 0.972. The maximum Gasteiger partial charge on any atom is 0.434 e. The average Bonchev–Trinajstić information content (AvgIpc) is 3.48. The third-order valence-electron chi connectivity index (χ3n) is 13.5. The van der Waals surface area contributed by atoms with Crippen LogP contribution < -0.4 is 19.9 Å². The summed E-state index contributed by atoms with van der Waals surface area (Å²) in [7, 11) is 0. The fraction of sp³-hybridized carbons (Fsp3) is 0.575. The van der Waals surface area contributed by atoms with E-state index in [0.717, 1.165) is 63.1 Å². The number of nitriles is 1. The third-order valence-corrected chi connectivity index (χ3v) is 13.5. The first-order valence-electron chi connectivity index (χ1n) is 19.5. The SMILES string of the molecule is N#Cc1cnc(N2CCC(Oc3ccc4c(c3)C3(CCCCC3)CN4c3ncc(C(=O)NC4(C(=O)O)C5CC6CC(C5)CC4C6)c(C(F)(F)F)n3)CC2)nc1. The van der Waals surface area contributed by atoms with Crippen molar-refractivity contribution in [1.29, 1.82) is 5.26 Å². The number of halogens is 3. The first kappa shape index (κ1) is 35.7. The van der Waals surface area contributed by atoms with E-state index in [0.29, 0.717) is 80.1 Å². The molecule has 1 spiro atoms. The molecule has 0 unspecified atom stereocenters. The van der Waals surface area contributed by atoms with Crippen LogP contribution in [0, 0.1) is 35.0 Å². The lowest BCUT2D eigenvalue weighted by molar-refractivity contribution is -0.163. The van der Waals surface area contributed by atoms with Gasteiger partial charge in [0.05, 0.1) is 23.5 Å². The van der Waals surface area contributed by atoms with Crippen LogP contribution in [0.15, 0.2) is 36.8 Å². The van der Waals surface area contributed by atoms with Crippen molar-refractivity contribution < 1.29 is 32.6 Å². The predicted octanol–water partition coefficient (Wildman–Crippen LogP) is 6.57. The topological polar surface area (TPSA) is 157 Å². The molecule has 2 N–H and O–H groups in total. The minimum atomic E-state index is -4.99. The number of carboxylic acids is 1. The molecular formula is C40H43F3N8O4. The van der Waals surface area contributed by atoms with E-state index in [2.05, 4.69) is 30.2 Å². The molecular weight excluding hydrogens is 713 g/mol. The molecule has 4 bridgehead atoms. The molecule has 55 heavy (non-hydrogen) atoms. The van der Waals surface area contributed by atoms with E-state index < -0.39 is 34.8 Å². The van der Waals surface area contributed by atoms with Gasteiger partial charge in [0.25, 0.3) is 5.91 Å². The number of rotatable bonds is 7. The Morgan fingerprint density at radius 2 is 1.58 bits per heavy atom. The highest BCUT2D eigenvalue weighted by molar-refractivity contribution is 5.99. The zero-order valence-corrected chi connectivity index (χ0v) is 30.4. The van der Waals surface area contributed by atoms with Gasteiger partial charge in [0.1, 0.15) is 23.5 Å². The number of carboxylic acid groups (broad SMARTS) is 1. The monoisotopic (exact) mass is 756 g/mol. The molecule has 2 aromatic heterocycles. The number of amides is 1. The van der Waals surface area contributed by atoms with Crippen molar-refractivity contribution >= 4 is 29.5 Å². The first-order chi connectivity index (χ1) is 26.5. The Hall–Kier alpha value is -5.00. The Morgan fingerprint density at radius 3 is 2.20 bits per heavy atom. The highest BCUT2D eigenvalue weighted by atomic mass is 19.4. The van der Waals surface area contributed by atoms with Crippen molar-refractivity contribution in [3.8, 4) is 11.8 Å². The second-order valence-electron chi connectivity index (χ2n) is 16.7. The number of nitrogens with zero attached hydrogens (tertiary/aromatic N) is 7. The lowest BCUT2D eigenvalue weighted by Gasteiger charge is -2.59. The summed E-state index contributed by atoms with van der Waals surface area (Å²) in [6, 6.07) is 7.77. The number of alkyl halides is 3. The number of nitrogens with one attached hydrogen (secondary N) is 1. The van der Waals surface area contributed by atoms with Gasteiger partial charge in [0, 0.05) is 49.8 Å². The van der Waals surface area contributed by atoms with Gasteiger partial charge >= 0.3 is 12.1 Å². The number of fused-ring (bicyclic) bond motifs is 2. The first-order valence-corrected chi connectivity index (χ1v) is 19.5. The van der Waals surface area contributed by atoms with Crippen LogP contribution in [0.25, 0.3) is 0 Å². The second-order valence-corrected chi connectivity index (χ2v) is 16.7. The summed E-state index contributed by atoms with van der Waals surface area (Å²) in [5.41, 5.74) is -1.95. The van der Waals surface area contributed by atoms with E-state index in [9.17, 15) is 27.9 Å². The van der Waals surface area contributed by atoms with Crippen LogP contribution in [0.1, 0.15) is 104 Å². The molecule has 2 aliphatic heterocycles. The molecule has 10 rings (SSSR count). The minimum absolute atomic E-state index is 0.0528. The highest BCUT2D eigenvalue weighted by Crippen LogP contribution is 2.59. The lowest BCUT2D eigenvalue weighted by atomic mass is 9.48. The van der Waals surface area contributed by atoms with E-state index in [1.165, 1.54) is 12.4 Å². The maximum absolute atomic E-state index is 14.8. The van der Waals surface area contributed by atoms with Crippen molar-refractivity contribution in [2.24, 2.45) is 23.7 Å². The average molecular weight is 757 g/mol. The summed E-state index contributed by atoms with van der Waals surface area (Å²) in [6.07, 6.45) is 8.80. The van der Waals surface area contributed by atoms with Gasteiger partial charge in [-0.3, -0.25) is 4.79 Å². The fourth-order valence-corrected chi connectivity index (χ4v) is 11.1. The largest absolute Gasteiger partial charge is 0.490 e. The molecule has 5 saturated carbocycles. The van der Waals surface area contributed by atoms with E-state index >= 15 is 0 Å². The minimum Gasteiger partial charge on any atom is -0.490 e. The van der Waals surface area contributed by atoms with Crippen molar-refractivity contribution in [1.82, 2.24) is 25.3 Å². The maximum atomic E-state index is 14.8. The number of ether oxygens (including phenoxy) is 1. The normalized spacial score (nSPS) is 28.2. The molecule has 0 atom stereocenters. The number of benzene rings is 1. The van der Waals surface area contributed by atoms with Crippen LogP contribution in [-0.2, 0) is 16.4 Å². The molecule has 1 amide bonds. The summed E-state index contributed by atoms with van der Waals surface area (Å²) in [5.74, 6) is -1.01.